The van der Waals surface area contributed by atoms with E-state index < -0.39 is 11.7 Å². The van der Waals surface area contributed by atoms with Crippen LogP contribution in [-0.2, 0) is 6.18 Å². The molecule has 0 saturated heterocycles. The van der Waals surface area contributed by atoms with Crippen LogP contribution in [0, 0.1) is 6.10 Å². The van der Waals surface area contributed by atoms with Crippen molar-refractivity contribution in [1.29, 1.82) is 0 Å². The molecule has 0 fully saturated rings. The van der Waals surface area contributed by atoms with Crippen LogP contribution in [0.25, 0.3) is 0 Å². The van der Waals surface area contributed by atoms with E-state index in [0.29, 0.717) is 11.9 Å². The molecule has 14 heavy (non-hydrogen) atoms. The Kier molecular flexibility index (Phi) is 3.03. The van der Waals surface area contributed by atoms with Gasteiger partial charge in [-0.1, -0.05) is 0 Å². The minimum atomic E-state index is -4.29. The molecule has 0 N–H and O–H groups in total. The first-order chi connectivity index (χ1) is 6.39. The maximum atomic E-state index is 12.1. The largest absolute Gasteiger partial charge is 0.484 e. The first kappa shape index (κ1) is 10.9. The lowest BCUT2D eigenvalue weighted by atomic mass is 10.2. The lowest BCUT2D eigenvalue weighted by molar-refractivity contribution is -0.137. The van der Waals surface area contributed by atoms with Gasteiger partial charge < -0.3 is 4.74 Å². The molecule has 0 aliphatic carbocycles. The van der Waals surface area contributed by atoms with Crippen molar-refractivity contribution in [2.45, 2.75) is 20.0 Å². The van der Waals surface area contributed by atoms with E-state index in [9.17, 15) is 13.2 Å². The molecule has 0 spiro atoms. The molecule has 0 atom stereocenters. The minimum absolute atomic E-state index is 0.415. The summed E-state index contributed by atoms with van der Waals surface area (Å²) in [6.07, 6.45) is -3.60. The SMILES string of the molecule is C[C](C)Oc1ccc(C(F)(F)F)cc1. The second kappa shape index (κ2) is 3.90. The van der Waals surface area contributed by atoms with Crippen molar-refractivity contribution in [2.75, 3.05) is 0 Å². The molecule has 0 saturated carbocycles. The normalized spacial score (nSPS) is 11.9. The van der Waals surface area contributed by atoms with Crippen molar-refractivity contribution in [3.63, 3.8) is 0 Å². The van der Waals surface area contributed by atoms with Crippen LogP contribution < -0.4 is 4.74 Å². The summed E-state index contributed by atoms with van der Waals surface area (Å²) >= 11 is 0. The summed E-state index contributed by atoms with van der Waals surface area (Å²) < 4.78 is 41.5. The van der Waals surface area contributed by atoms with Crippen molar-refractivity contribution < 1.29 is 17.9 Å². The van der Waals surface area contributed by atoms with Crippen LogP contribution in [0.15, 0.2) is 24.3 Å². The van der Waals surface area contributed by atoms with Gasteiger partial charge in [-0.3, -0.25) is 0 Å². The Morgan fingerprint density at radius 3 is 1.93 bits per heavy atom. The zero-order chi connectivity index (χ0) is 10.8. The Hall–Kier alpha value is -1.19. The fourth-order valence-corrected chi connectivity index (χ4v) is 0.948. The van der Waals surface area contributed by atoms with Gasteiger partial charge in [0.1, 0.15) is 11.9 Å². The summed E-state index contributed by atoms with van der Waals surface area (Å²) in [6, 6.07) is 4.60. The molecule has 0 aromatic heterocycles. The van der Waals surface area contributed by atoms with Crippen LogP contribution >= 0.6 is 0 Å². The standard InChI is InChI=1S/C10H10F3O/c1-7(2)14-9-5-3-8(4-6-9)10(11,12)13/h3-6H,1-2H3. The number of halogens is 3. The lowest BCUT2D eigenvalue weighted by Crippen LogP contribution is -2.04. The predicted molar refractivity (Wildman–Crippen MR) is 46.7 cm³/mol. The van der Waals surface area contributed by atoms with Gasteiger partial charge in [0.25, 0.3) is 0 Å². The minimum Gasteiger partial charge on any atom is -0.484 e. The van der Waals surface area contributed by atoms with Gasteiger partial charge in [-0.15, -0.1) is 0 Å². The van der Waals surface area contributed by atoms with E-state index in [1.165, 1.54) is 12.1 Å². The number of ether oxygens (including phenoxy) is 1. The van der Waals surface area contributed by atoms with Crippen LogP contribution in [-0.4, -0.2) is 0 Å². The molecule has 0 aliphatic heterocycles. The molecule has 0 bridgehead atoms. The van der Waals surface area contributed by atoms with Crippen molar-refractivity contribution in [3.8, 4) is 5.75 Å². The van der Waals surface area contributed by atoms with E-state index >= 15 is 0 Å². The van der Waals surface area contributed by atoms with Gasteiger partial charge in [-0.05, 0) is 38.1 Å². The van der Waals surface area contributed by atoms with E-state index in [4.69, 9.17) is 4.74 Å². The highest BCUT2D eigenvalue weighted by molar-refractivity contribution is 5.29. The van der Waals surface area contributed by atoms with E-state index in [1.807, 2.05) is 0 Å². The first-order valence-corrected chi connectivity index (χ1v) is 4.05. The molecule has 1 radical (unpaired) electrons. The average Bonchev–Trinajstić information content (AvgIpc) is 2.02. The Balaban J connectivity index is 2.79. The topological polar surface area (TPSA) is 9.23 Å². The molecule has 0 amide bonds. The van der Waals surface area contributed by atoms with E-state index in [1.54, 1.807) is 13.8 Å². The maximum Gasteiger partial charge on any atom is 0.416 e. The van der Waals surface area contributed by atoms with Gasteiger partial charge in [-0.25, -0.2) is 0 Å². The molecule has 1 nitrogen and oxygen atoms in total. The predicted octanol–water partition coefficient (Wildman–Crippen LogP) is 3.66. The fraction of sp³-hybridized carbons (Fsp3) is 0.300. The molecule has 1 rings (SSSR count). The summed E-state index contributed by atoms with van der Waals surface area (Å²) in [5.74, 6) is 0.415. The summed E-state index contributed by atoms with van der Waals surface area (Å²) in [4.78, 5) is 0. The number of alkyl halides is 3. The first-order valence-electron chi connectivity index (χ1n) is 4.05. The third-order valence-electron chi connectivity index (χ3n) is 1.50. The van der Waals surface area contributed by atoms with Crippen molar-refractivity contribution in [2.24, 2.45) is 0 Å². The number of rotatable bonds is 2. The van der Waals surface area contributed by atoms with Gasteiger partial charge in [0.2, 0.25) is 0 Å². The van der Waals surface area contributed by atoms with E-state index in [0.717, 1.165) is 12.1 Å². The smallest absolute Gasteiger partial charge is 0.416 e. The van der Waals surface area contributed by atoms with Crippen LogP contribution in [0.3, 0.4) is 0 Å². The zero-order valence-corrected chi connectivity index (χ0v) is 7.85. The zero-order valence-electron chi connectivity index (χ0n) is 7.85. The number of hydrogen-bond acceptors (Lipinski definition) is 1. The molecule has 77 valence electrons. The Morgan fingerprint density at radius 2 is 1.57 bits per heavy atom. The van der Waals surface area contributed by atoms with Crippen molar-refractivity contribution >= 4 is 0 Å². The second-order valence-electron chi connectivity index (χ2n) is 3.03. The van der Waals surface area contributed by atoms with Gasteiger partial charge in [0.15, 0.2) is 0 Å². The van der Waals surface area contributed by atoms with E-state index in [-0.39, 0.29) is 0 Å². The van der Waals surface area contributed by atoms with Crippen LogP contribution in [0.4, 0.5) is 13.2 Å². The lowest BCUT2D eigenvalue weighted by Gasteiger charge is -2.10. The molecule has 0 aliphatic rings. The van der Waals surface area contributed by atoms with Crippen LogP contribution in [0.2, 0.25) is 0 Å². The summed E-state index contributed by atoms with van der Waals surface area (Å²) in [6.45, 7) is 3.47. The van der Waals surface area contributed by atoms with Crippen LogP contribution in [0.5, 0.6) is 5.75 Å². The molecular weight excluding hydrogens is 193 g/mol. The van der Waals surface area contributed by atoms with Crippen molar-refractivity contribution in [3.05, 3.63) is 35.9 Å². The second-order valence-corrected chi connectivity index (χ2v) is 3.03. The molecule has 0 unspecified atom stereocenters. The van der Waals surface area contributed by atoms with Gasteiger partial charge >= 0.3 is 6.18 Å². The molecule has 1 aromatic carbocycles. The van der Waals surface area contributed by atoms with E-state index in [2.05, 4.69) is 0 Å². The fourth-order valence-electron chi connectivity index (χ4n) is 0.948. The van der Waals surface area contributed by atoms with Gasteiger partial charge in [0, 0.05) is 0 Å². The van der Waals surface area contributed by atoms with Gasteiger partial charge in [0.05, 0.1) is 5.56 Å². The highest BCUT2D eigenvalue weighted by Crippen LogP contribution is 2.30. The number of benzene rings is 1. The third-order valence-corrected chi connectivity index (χ3v) is 1.50. The Bertz CT molecular complexity index is 287. The molecular formula is C10H10F3O. The van der Waals surface area contributed by atoms with Crippen molar-refractivity contribution in [1.82, 2.24) is 0 Å². The highest BCUT2D eigenvalue weighted by Gasteiger charge is 2.29. The molecule has 4 heteroatoms. The molecule has 1 aromatic rings. The highest BCUT2D eigenvalue weighted by atomic mass is 19.4. The quantitative estimate of drug-likeness (QED) is 0.712. The third kappa shape index (κ3) is 2.94. The summed E-state index contributed by atoms with van der Waals surface area (Å²) in [5, 5.41) is 0. The summed E-state index contributed by atoms with van der Waals surface area (Å²) in [5.41, 5.74) is -0.668. The summed E-state index contributed by atoms with van der Waals surface area (Å²) in [7, 11) is 0. The monoisotopic (exact) mass is 203 g/mol. The molecule has 0 heterocycles. The van der Waals surface area contributed by atoms with Gasteiger partial charge in [-0.2, -0.15) is 13.2 Å². The maximum absolute atomic E-state index is 12.1. The Morgan fingerprint density at radius 1 is 1.07 bits per heavy atom. The number of hydrogen-bond donors (Lipinski definition) is 0. The van der Waals surface area contributed by atoms with Crippen LogP contribution in [0.1, 0.15) is 19.4 Å². The average molecular weight is 203 g/mol. The Labute approximate surface area is 80.5 Å².